The fourth-order valence-corrected chi connectivity index (χ4v) is 7.49. The molecule has 0 unspecified atom stereocenters. The van der Waals surface area contributed by atoms with Gasteiger partial charge in [-0.3, -0.25) is 0 Å². The summed E-state index contributed by atoms with van der Waals surface area (Å²) < 4.78 is 32.6. The Morgan fingerprint density at radius 3 is 1.93 bits per heavy atom. The van der Waals surface area contributed by atoms with Crippen molar-refractivity contribution < 1.29 is 18.8 Å². The van der Waals surface area contributed by atoms with Crippen molar-refractivity contribution in [1.29, 1.82) is 0 Å². The van der Waals surface area contributed by atoms with Gasteiger partial charge in [0.15, 0.2) is 18.6 Å². The van der Waals surface area contributed by atoms with Gasteiger partial charge in [-0.15, -0.1) is 0 Å². The number of benzene rings is 3. The largest absolute Gasteiger partial charge is 0.493 e. The van der Waals surface area contributed by atoms with Gasteiger partial charge in [0, 0.05) is 25.9 Å². The number of alkyl halides is 1. The second kappa shape index (κ2) is 8.04. The molecular weight excluding hydrogens is 498 g/mol. The molecule has 4 rings (SSSR count). The van der Waals surface area contributed by atoms with Crippen molar-refractivity contribution in [3.05, 3.63) is 71.3 Å². The van der Waals surface area contributed by atoms with Gasteiger partial charge in [0.1, 0.15) is 0 Å². The predicted octanol–water partition coefficient (Wildman–Crippen LogP) is 4.62. The topological polar surface area (TPSA) is 44.8 Å². The number of methoxy groups -OCH3 is 1. The molecule has 0 radical (unpaired) electrons. The van der Waals surface area contributed by atoms with Crippen LogP contribution < -0.4 is 30.1 Å². The molecule has 0 amide bonds. The molecular formula is C23H22IO4P. The summed E-state index contributed by atoms with van der Waals surface area (Å²) in [5.74, 6) is 1.76. The van der Waals surface area contributed by atoms with Crippen LogP contribution in [-0.4, -0.2) is 13.9 Å². The first-order chi connectivity index (χ1) is 14.0. The van der Waals surface area contributed by atoms with E-state index in [1.165, 1.54) is 0 Å². The van der Waals surface area contributed by atoms with E-state index in [4.69, 9.17) is 14.2 Å². The van der Waals surface area contributed by atoms with Crippen molar-refractivity contribution in [1.82, 2.24) is 0 Å². The lowest BCUT2D eigenvalue weighted by molar-refractivity contribution is 0.170. The molecule has 1 heterocycles. The molecule has 29 heavy (non-hydrogen) atoms. The Morgan fingerprint density at radius 2 is 1.45 bits per heavy atom. The van der Waals surface area contributed by atoms with E-state index in [1.54, 1.807) is 7.11 Å². The van der Waals surface area contributed by atoms with Crippen LogP contribution in [0, 0.1) is 13.8 Å². The highest BCUT2D eigenvalue weighted by molar-refractivity contribution is 14.1. The third kappa shape index (κ3) is 3.44. The molecule has 4 nitrogen and oxygen atoms in total. The molecule has 6 heteroatoms. The van der Waals surface area contributed by atoms with Crippen LogP contribution in [0.1, 0.15) is 16.7 Å². The summed E-state index contributed by atoms with van der Waals surface area (Å²) in [6.07, 6.45) is 0. The Bertz CT molecular complexity index is 1040. The summed E-state index contributed by atoms with van der Waals surface area (Å²) >= 11 is 2.29. The number of hydrogen-bond acceptors (Lipinski definition) is 4. The number of halogens is 1. The monoisotopic (exact) mass is 520 g/mol. The van der Waals surface area contributed by atoms with Crippen LogP contribution in [0.15, 0.2) is 54.6 Å². The molecule has 0 atom stereocenters. The van der Waals surface area contributed by atoms with E-state index >= 15 is 0 Å². The minimum Gasteiger partial charge on any atom is -0.493 e. The van der Waals surface area contributed by atoms with Crippen LogP contribution in [0.25, 0.3) is 0 Å². The Labute approximate surface area is 184 Å². The highest BCUT2D eigenvalue weighted by Crippen LogP contribution is 2.51. The van der Waals surface area contributed by atoms with Gasteiger partial charge < -0.3 is 18.8 Å². The summed E-state index contributed by atoms with van der Waals surface area (Å²) in [6, 6.07) is 17.7. The molecule has 0 N–H and O–H groups in total. The second-order valence-electron chi connectivity index (χ2n) is 7.06. The maximum absolute atomic E-state index is 14.9. The normalized spacial score (nSPS) is 12.8. The Hall–Kier alpha value is -1.98. The fraction of sp³-hybridized carbons (Fsp3) is 0.217. The second-order valence-corrected chi connectivity index (χ2v) is 10.6. The molecule has 0 fully saturated rings. The van der Waals surface area contributed by atoms with Gasteiger partial charge in [-0.1, -0.05) is 82.2 Å². The Kier molecular flexibility index (Phi) is 5.63. The van der Waals surface area contributed by atoms with E-state index in [9.17, 15) is 4.57 Å². The van der Waals surface area contributed by atoms with E-state index in [0.29, 0.717) is 21.7 Å². The molecule has 1 aliphatic rings. The third-order valence-corrected chi connectivity index (χ3v) is 9.07. The van der Waals surface area contributed by atoms with Gasteiger partial charge in [0.2, 0.25) is 12.5 Å². The van der Waals surface area contributed by atoms with Gasteiger partial charge in [-0.05, 0) is 19.9 Å². The molecule has 0 saturated heterocycles. The van der Waals surface area contributed by atoms with Gasteiger partial charge in [0.25, 0.3) is 0 Å². The van der Waals surface area contributed by atoms with Crippen LogP contribution in [0.4, 0.5) is 0 Å². The van der Waals surface area contributed by atoms with Crippen LogP contribution in [0.2, 0.25) is 0 Å². The zero-order chi connectivity index (χ0) is 20.6. The maximum atomic E-state index is 14.9. The van der Waals surface area contributed by atoms with Gasteiger partial charge in [-0.25, -0.2) is 0 Å². The first-order valence-corrected chi connectivity index (χ1v) is 12.5. The van der Waals surface area contributed by atoms with Crippen molar-refractivity contribution in [2.75, 3.05) is 13.9 Å². The van der Waals surface area contributed by atoms with E-state index < -0.39 is 7.14 Å². The lowest BCUT2D eigenvalue weighted by Crippen LogP contribution is -2.27. The first-order valence-electron chi connectivity index (χ1n) is 9.29. The number of hydrogen-bond donors (Lipinski definition) is 0. The number of fused-ring (bicyclic) bond motifs is 1. The quantitative estimate of drug-likeness (QED) is 0.280. The number of rotatable bonds is 5. The molecule has 0 saturated carbocycles. The standard InChI is InChI=1S/C23H22IO4P/c1-15-4-8-17(9-5-15)29(25,18-10-6-16(2)7-11-18)21-12-20(26-3)23-22(19(21)13-24)27-14-28-23/h4-12H,13-14H2,1-3H3. The van der Waals surface area contributed by atoms with E-state index in [2.05, 4.69) is 22.6 Å². The molecule has 1 aliphatic heterocycles. The highest BCUT2D eigenvalue weighted by atomic mass is 127. The highest BCUT2D eigenvalue weighted by Gasteiger charge is 2.37. The Morgan fingerprint density at radius 1 is 0.931 bits per heavy atom. The van der Waals surface area contributed by atoms with Crippen molar-refractivity contribution in [3.8, 4) is 17.2 Å². The SMILES string of the molecule is COc1cc(P(=O)(c2ccc(C)cc2)c2ccc(C)cc2)c(CI)c2c1OCO2. The zero-order valence-electron chi connectivity index (χ0n) is 16.6. The van der Waals surface area contributed by atoms with Crippen LogP contribution in [-0.2, 0) is 8.99 Å². The lowest BCUT2D eigenvalue weighted by Gasteiger charge is -2.24. The smallest absolute Gasteiger partial charge is 0.231 e. The van der Waals surface area contributed by atoms with Gasteiger partial charge in [0.05, 0.1) is 7.11 Å². The first kappa shape index (κ1) is 20.3. The predicted molar refractivity (Wildman–Crippen MR) is 126 cm³/mol. The average Bonchev–Trinajstić information content (AvgIpc) is 3.23. The fourth-order valence-electron chi connectivity index (χ4n) is 3.58. The molecule has 150 valence electrons. The van der Waals surface area contributed by atoms with Gasteiger partial charge >= 0.3 is 0 Å². The molecule has 3 aromatic rings. The zero-order valence-corrected chi connectivity index (χ0v) is 19.6. The minimum absolute atomic E-state index is 0.137. The lowest BCUT2D eigenvalue weighted by atomic mass is 10.2. The summed E-state index contributed by atoms with van der Waals surface area (Å²) in [4.78, 5) is 0. The number of aryl methyl sites for hydroxylation is 2. The Balaban J connectivity index is 2.06. The van der Waals surface area contributed by atoms with E-state index in [-0.39, 0.29) is 6.79 Å². The molecule has 0 bridgehead atoms. The van der Waals surface area contributed by atoms with Crippen molar-refractivity contribution in [2.24, 2.45) is 0 Å². The van der Waals surface area contributed by atoms with Crippen LogP contribution >= 0.6 is 29.7 Å². The average molecular weight is 520 g/mol. The molecule has 0 aliphatic carbocycles. The van der Waals surface area contributed by atoms with Crippen molar-refractivity contribution in [3.63, 3.8) is 0 Å². The van der Waals surface area contributed by atoms with E-state index in [0.717, 1.165) is 32.6 Å². The van der Waals surface area contributed by atoms with Crippen molar-refractivity contribution >= 4 is 45.6 Å². The third-order valence-electron chi connectivity index (χ3n) is 5.18. The molecule has 3 aromatic carbocycles. The van der Waals surface area contributed by atoms with Gasteiger partial charge in [-0.2, -0.15) is 0 Å². The van der Waals surface area contributed by atoms with Crippen LogP contribution in [0.3, 0.4) is 0 Å². The summed E-state index contributed by atoms with van der Waals surface area (Å²) in [7, 11) is -1.57. The van der Waals surface area contributed by atoms with E-state index in [1.807, 2.05) is 68.4 Å². The minimum atomic E-state index is -3.16. The molecule has 0 spiro atoms. The van der Waals surface area contributed by atoms with Crippen molar-refractivity contribution in [2.45, 2.75) is 18.3 Å². The maximum Gasteiger partial charge on any atom is 0.231 e. The summed E-state index contributed by atoms with van der Waals surface area (Å²) in [6.45, 7) is 4.19. The number of ether oxygens (including phenoxy) is 3. The van der Waals surface area contributed by atoms with Crippen LogP contribution in [0.5, 0.6) is 17.2 Å². The summed E-state index contributed by atoms with van der Waals surface area (Å²) in [5, 5.41) is 2.32. The summed E-state index contributed by atoms with van der Waals surface area (Å²) in [5.41, 5.74) is 3.14. The molecule has 0 aromatic heterocycles.